The van der Waals surface area contributed by atoms with Gasteiger partial charge in [-0.05, 0) is 61.7 Å². The third-order valence-electron chi connectivity index (χ3n) is 3.75. The molecule has 3 aromatic rings. The Morgan fingerprint density at radius 1 is 0.960 bits per heavy atom. The van der Waals surface area contributed by atoms with Crippen LogP contribution in [-0.4, -0.2) is 11.8 Å². The van der Waals surface area contributed by atoms with E-state index in [1.807, 2.05) is 39.0 Å². The largest absolute Gasteiger partial charge is 0.459 e. The van der Waals surface area contributed by atoms with Crippen LogP contribution in [0.2, 0.25) is 0 Å². The maximum atomic E-state index is 12.6. The minimum atomic E-state index is -0.340. The van der Waals surface area contributed by atoms with E-state index in [0.717, 1.165) is 22.4 Å². The van der Waals surface area contributed by atoms with Gasteiger partial charge in [-0.2, -0.15) is 0 Å². The first-order valence-corrected chi connectivity index (χ1v) is 8.59. The monoisotopic (exact) mass is 354 g/mol. The Bertz CT molecular complexity index is 926. The zero-order chi connectivity index (χ0) is 18.0. The predicted molar refractivity (Wildman–Crippen MR) is 99.6 cm³/mol. The number of amides is 2. The van der Waals surface area contributed by atoms with Crippen LogP contribution in [0, 0.1) is 20.8 Å². The molecule has 0 unspecified atom stereocenters. The van der Waals surface area contributed by atoms with Gasteiger partial charge in [0.1, 0.15) is 0 Å². The molecule has 0 spiro atoms. The summed E-state index contributed by atoms with van der Waals surface area (Å²) in [5, 5.41) is 6.30. The summed E-state index contributed by atoms with van der Waals surface area (Å²) < 4.78 is 5.07. The van der Waals surface area contributed by atoms with Crippen molar-refractivity contribution in [3.8, 4) is 0 Å². The molecule has 0 saturated heterocycles. The first-order chi connectivity index (χ1) is 11.9. The van der Waals surface area contributed by atoms with Gasteiger partial charge in [0.05, 0.1) is 16.1 Å². The van der Waals surface area contributed by atoms with Crippen molar-refractivity contribution in [1.82, 2.24) is 0 Å². The lowest BCUT2D eigenvalue weighted by atomic mass is 10.1. The van der Waals surface area contributed by atoms with Gasteiger partial charge in [0.25, 0.3) is 11.8 Å². The van der Waals surface area contributed by atoms with E-state index in [9.17, 15) is 9.59 Å². The molecule has 128 valence electrons. The second-order valence-electron chi connectivity index (χ2n) is 5.83. The maximum absolute atomic E-state index is 12.6. The molecule has 1 aromatic carbocycles. The van der Waals surface area contributed by atoms with Crippen LogP contribution in [-0.2, 0) is 0 Å². The summed E-state index contributed by atoms with van der Waals surface area (Å²) in [5.74, 6) is -0.296. The molecule has 0 atom stereocenters. The van der Waals surface area contributed by atoms with Gasteiger partial charge < -0.3 is 15.1 Å². The van der Waals surface area contributed by atoms with E-state index < -0.39 is 0 Å². The van der Waals surface area contributed by atoms with Crippen molar-refractivity contribution in [2.24, 2.45) is 0 Å². The summed E-state index contributed by atoms with van der Waals surface area (Å²) in [5.41, 5.74) is 3.68. The molecule has 2 aromatic heterocycles. The SMILES string of the molecule is Cc1ccc(C)c(NC(=O)c2sc(NC(=O)c3ccco3)cc2C)c1. The first kappa shape index (κ1) is 17.0. The molecule has 0 aliphatic carbocycles. The lowest BCUT2D eigenvalue weighted by molar-refractivity contribution is 0.0995. The van der Waals surface area contributed by atoms with Crippen LogP contribution in [0.3, 0.4) is 0 Å². The topological polar surface area (TPSA) is 71.3 Å². The van der Waals surface area contributed by atoms with Gasteiger partial charge >= 0.3 is 0 Å². The second-order valence-corrected chi connectivity index (χ2v) is 6.88. The number of nitrogens with one attached hydrogen (secondary N) is 2. The maximum Gasteiger partial charge on any atom is 0.291 e. The molecule has 3 rings (SSSR count). The van der Waals surface area contributed by atoms with E-state index in [2.05, 4.69) is 10.6 Å². The summed E-state index contributed by atoms with van der Waals surface area (Å²) in [6, 6.07) is 10.9. The molecule has 0 bridgehead atoms. The average Bonchev–Trinajstić information content (AvgIpc) is 3.20. The molecule has 0 fully saturated rings. The fourth-order valence-electron chi connectivity index (χ4n) is 2.40. The van der Waals surface area contributed by atoms with Gasteiger partial charge in [-0.3, -0.25) is 9.59 Å². The van der Waals surface area contributed by atoms with E-state index in [0.29, 0.717) is 9.88 Å². The van der Waals surface area contributed by atoms with Crippen LogP contribution < -0.4 is 10.6 Å². The van der Waals surface area contributed by atoms with Crippen LogP contribution in [0.1, 0.15) is 36.9 Å². The lowest BCUT2D eigenvalue weighted by Crippen LogP contribution is -2.12. The average molecular weight is 354 g/mol. The van der Waals surface area contributed by atoms with E-state index in [1.165, 1.54) is 17.6 Å². The third-order valence-corrected chi connectivity index (χ3v) is 4.90. The van der Waals surface area contributed by atoms with E-state index in [1.54, 1.807) is 18.2 Å². The quantitative estimate of drug-likeness (QED) is 0.709. The van der Waals surface area contributed by atoms with E-state index in [4.69, 9.17) is 4.42 Å². The molecule has 0 aliphatic heterocycles. The van der Waals surface area contributed by atoms with E-state index in [-0.39, 0.29) is 17.6 Å². The molecule has 2 N–H and O–H groups in total. The molecule has 0 aliphatic rings. The van der Waals surface area contributed by atoms with Crippen LogP contribution in [0.15, 0.2) is 47.1 Å². The molecule has 2 heterocycles. The van der Waals surface area contributed by atoms with Gasteiger partial charge in [-0.25, -0.2) is 0 Å². The number of carbonyl (C=O) groups excluding carboxylic acids is 2. The third kappa shape index (κ3) is 3.80. The number of aryl methyl sites for hydroxylation is 3. The molecule has 2 amide bonds. The van der Waals surface area contributed by atoms with Crippen molar-refractivity contribution in [2.45, 2.75) is 20.8 Å². The number of furan rings is 1. The Balaban J connectivity index is 1.76. The number of benzene rings is 1. The van der Waals surface area contributed by atoms with Crippen LogP contribution in [0.25, 0.3) is 0 Å². The summed E-state index contributed by atoms with van der Waals surface area (Å²) in [6.45, 7) is 5.77. The van der Waals surface area contributed by atoms with Crippen LogP contribution in [0.4, 0.5) is 10.7 Å². The number of hydrogen-bond acceptors (Lipinski definition) is 4. The molecule has 5 nitrogen and oxygen atoms in total. The fourth-order valence-corrected chi connectivity index (χ4v) is 3.36. The summed E-state index contributed by atoms with van der Waals surface area (Å²) in [4.78, 5) is 25.2. The van der Waals surface area contributed by atoms with Crippen molar-refractivity contribution in [3.05, 3.63) is 70.0 Å². The van der Waals surface area contributed by atoms with Crippen molar-refractivity contribution in [2.75, 3.05) is 10.6 Å². The minimum Gasteiger partial charge on any atom is -0.459 e. The number of hydrogen-bond donors (Lipinski definition) is 2. The number of anilines is 2. The van der Waals surface area contributed by atoms with E-state index >= 15 is 0 Å². The first-order valence-electron chi connectivity index (χ1n) is 7.78. The molecule has 0 saturated carbocycles. The van der Waals surface area contributed by atoms with Crippen molar-refractivity contribution >= 4 is 33.8 Å². The molecule has 6 heteroatoms. The zero-order valence-electron chi connectivity index (χ0n) is 14.2. The normalized spacial score (nSPS) is 10.5. The second kappa shape index (κ2) is 6.94. The highest BCUT2D eigenvalue weighted by Gasteiger charge is 2.17. The Morgan fingerprint density at radius 3 is 2.48 bits per heavy atom. The van der Waals surface area contributed by atoms with Gasteiger partial charge in [0, 0.05) is 5.69 Å². The van der Waals surface area contributed by atoms with Crippen LogP contribution in [0.5, 0.6) is 0 Å². The highest BCUT2D eigenvalue weighted by Crippen LogP contribution is 2.28. The molecular formula is C19H18N2O3S. The highest BCUT2D eigenvalue weighted by atomic mass is 32.1. The highest BCUT2D eigenvalue weighted by molar-refractivity contribution is 7.18. The Morgan fingerprint density at radius 2 is 1.76 bits per heavy atom. The standard InChI is InChI=1S/C19H18N2O3S/c1-11-6-7-12(2)14(9-11)20-19(23)17-13(3)10-16(25-17)21-18(22)15-5-4-8-24-15/h4-10H,1-3H3,(H,20,23)(H,21,22). The summed E-state index contributed by atoms with van der Waals surface area (Å²) in [6.07, 6.45) is 1.44. The molecule has 0 radical (unpaired) electrons. The van der Waals surface area contributed by atoms with Crippen molar-refractivity contribution in [1.29, 1.82) is 0 Å². The smallest absolute Gasteiger partial charge is 0.291 e. The number of carbonyl (C=O) groups is 2. The molecule has 25 heavy (non-hydrogen) atoms. The predicted octanol–water partition coefficient (Wildman–Crippen LogP) is 4.77. The summed E-state index contributed by atoms with van der Waals surface area (Å²) in [7, 11) is 0. The van der Waals surface area contributed by atoms with Gasteiger partial charge in [-0.1, -0.05) is 12.1 Å². The van der Waals surface area contributed by atoms with Gasteiger partial charge in [0.15, 0.2) is 5.76 Å². The number of thiophene rings is 1. The van der Waals surface area contributed by atoms with Crippen molar-refractivity contribution in [3.63, 3.8) is 0 Å². The number of rotatable bonds is 4. The lowest BCUT2D eigenvalue weighted by Gasteiger charge is -2.08. The fraction of sp³-hybridized carbons (Fsp3) is 0.158. The van der Waals surface area contributed by atoms with Gasteiger partial charge in [0.2, 0.25) is 0 Å². The minimum absolute atomic E-state index is 0.185. The van der Waals surface area contributed by atoms with Crippen LogP contribution >= 0.6 is 11.3 Å². The van der Waals surface area contributed by atoms with Crippen molar-refractivity contribution < 1.29 is 14.0 Å². The Kier molecular flexibility index (Phi) is 4.72. The Labute approximate surface area is 149 Å². The molecular weight excluding hydrogens is 336 g/mol. The zero-order valence-corrected chi connectivity index (χ0v) is 15.0. The summed E-state index contributed by atoms with van der Waals surface area (Å²) >= 11 is 1.24. The van der Waals surface area contributed by atoms with Gasteiger partial charge in [-0.15, -0.1) is 11.3 Å². The Hall–Kier alpha value is -2.86.